The lowest BCUT2D eigenvalue weighted by molar-refractivity contribution is 0.440. The zero-order valence-corrected chi connectivity index (χ0v) is 9.32. The van der Waals surface area contributed by atoms with Gasteiger partial charge in [-0.3, -0.25) is 0 Å². The van der Waals surface area contributed by atoms with Gasteiger partial charge in [0, 0.05) is 31.4 Å². The Morgan fingerprint density at radius 1 is 1.19 bits per heavy atom. The first-order chi connectivity index (χ1) is 7.84. The lowest BCUT2D eigenvalue weighted by atomic mass is 10.1. The first-order valence-electron chi connectivity index (χ1n) is 6.07. The minimum Gasteiger partial charge on any atom is -0.366 e. The van der Waals surface area contributed by atoms with Crippen LogP contribution in [0.2, 0.25) is 0 Å². The second kappa shape index (κ2) is 4.06. The van der Waals surface area contributed by atoms with Crippen LogP contribution in [0.15, 0.2) is 24.3 Å². The Morgan fingerprint density at radius 2 is 1.94 bits per heavy atom. The molecule has 0 bridgehead atoms. The zero-order chi connectivity index (χ0) is 11.0. The van der Waals surface area contributed by atoms with Crippen molar-refractivity contribution < 1.29 is 4.39 Å². The highest BCUT2D eigenvalue weighted by atomic mass is 19.1. The molecule has 0 aromatic heterocycles. The van der Waals surface area contributed by atoms with Crippen LogP contribution in [0.5, 0.6) is 0 Å². The zero-order valence-electron chi connectivity index (χ0n) is 9.32. The number of benzene rings is 1. The number of halogens is 1. The molecule has 1 unspecified atom stereocenters. The molecular weight excluding hydrogens is 203 g/mol. The van der Waals surface area contributed by atoms with Gasteiger partial charge in [-0.05, 0) is 43.0 Å². The van der Waals surface area contributed by atoms with E-state index in [1.165, 1.54) is 18.5 Å². The van der Waals surface area contributed by atoms with E-state index < -0.39 is 0 Å². The Bertz CT molecular complexity index is 359. The predicted molar refractivity (Wildman–Crippen MR) is 63.1 cm³/mol. The molecule has 0 amide bonds. The molecule has 2 aliphatic rings. The topological polar surface area (TPSA) is 15.3 Å². The number of nitrogens with zero attached hydrogens (tertiary/aromatic N) is 1. The first-order valence-corrected chi connectivity index (χ1v) is 6.07. The summed E-state index contributed by atoms with van der Waals surface area (Å²) < 4.78 is 12.9. The van der Waals surface area contributed by atoms with Gasteiger partial charge < -0.3 is 10.2 Å². The van der Waals surface area contributed by atoms with Crippen LogP contribution in [0.25, 0.3) is 0 Å². The van der Waals surface area contributed by atoms with Crippen molar-refractivity contribution in [2.24, 2.45) is 5.92 Å². The van der Waals surface area contributed by atoms with Crippen LogP contribution in [0, 0.1) is 11.7 Å². The Hall–Kier alpha value is -1.09. The Labute approximate surface area is 95.4 Å². The number of hydrogen-bond donors (Lipinski definition) is 1. The molecule has 1 aliphatic carbocycles. The maximum Gasteiger partial charge on any atom is 0.123 e. The molecule has 1 atom stereocenters. The van der Waals surface area contributed by atoms with Crippen molar-refractivity contribution in [3.63, 3.8) is 0 Å². The molecule has 3 rings (SSSR count). The van der Waals surface area contributed by atoms with Crippen molar-refractivity contribution in [1.29, 1.82) is 0 Å². The Morgan fingerprint density at radius 3 is 2.62 bits per heavy atom. The SMILES string of the molecule is Fc1ccc(N2CCNCC2C2CC2)cc1. The smallest absolute Gasteiger partial charge is 0.123 e. The lowest BCUT2D eigenvalue weighted by Crippen LogP contribution is -2.52. The molecule has 1 aromatic carbocycles. The van der Waals surface area contributed by atoms with E-state index in [0.29, 0.717) is 6.04 Å². The molecule has 2 nitrogen and oxygen atoms in total. The van der Waals surface area contributed by atoms with Crippen molar-refractivity contribution in [3.05, 3.63) is 30.1 Å². The molecule has 1 N–H and O–H groups in total. The fourth-order valence-electron chi connectivity index (χ4n) is 2.58. The van der Waals surface area contributed by atoms with E-state index >= 15 is 0 Å². The van der Waals surface area contributed by atoms with Gasteiger partial charge in [-0.2, -0.15) is 0 Å². The highest BCUT2D eigenvalue weighted by Crippen LogP contribution is 2.37. The molecule has 1 saturated heterocycles. The minimum atomic E-state index is -0.151. The van der Waals surface area contributed by atoms with Crippen molar-refractivity contribution in [3.8, 4) is 0 Å². The molecule has 3 heteroatoms. The van der Waals surface area contributed by atoms with Gasteiger partial charge in [0.1, 0.15) is 5.82 Å². The summed E-state index contributed by atoms with van der Waals surface area (Å²) in [6.07, 6.45) is 2.70. The summed E-state index contributed by atoms with van der Waals surface area (Å²) in [7, 11) is 0. The average molecular weight is 220 g/mol. The van der Waals surface area contributed by atoms with Crippen LogP contribution in [0.1, 0.15) is 12.8 Å². The van der Waals surface area contributed by atoms with Gasteiger partial charge in [0.15, 0.2) is 0 Å². The molecule has 0 radical (unpaired) electrons. The van der Waals surface area contributed by atoms with E-state index in [-0.39, 0.29) is 5.82 Å². The summed E-state index contributed by atoms with van der Waals surface area (Å²) in [5.41, 5.74) is 1.17. The van der Waals surface area contributed by atoms with Gasteiger partial charge in [0.25, 0.3) is 0 Å². The molecule has 86 valence electrons. The minimum absolute atomic E-state index is 0.151. The number of nitrogens with one attached hydrogen (secondary N) is 1. The van der Waals surface area contributed by atoms with Crippen LogP contribution in [0.4, 0.5) is 10.1 Å². The monoisotopic (exact) mass is 220 g/mol. The summed E-state index contributed by atoms with van der Waals surface area (Å²) in [6, 6.07) is 7.52. The number of piperazine rings is 1. The molecule has 2 fully saturated rings. The second-order valence-electron chi connectivity index (χ2n) is 4.78. The number of anilines is 1. The van der Waals surface area contributed by atoms with E-state index in [9.17, 15) is 4.39 Å². The van der Waals surface area contributed by atoms with E-state index in [1.54, 1.807) is 12.1 Å². The van der Waals surface area contributed by atoms with Crippen molar-refractivity contribution in [1.82, 2.24) is 5.32 Å². The van der Waals surface area contributed by atoms with E-state index in [4.69, 9.17) is 0 Å². The molecule has 1 saturated carbocycles. The third-order valence-corrected chi connectivity index (χ3v) is 3.61. The predicted octanol–water partition coefficient (Wildman–Crippen LogP) is 2.01. The van der Waals surface area contributed by atoms with Gasteiger partial charge in [0.2, 0.25) is 0 Å². The van der Waals surface area contributed by atoms with Gasteiger partial charge in [0.05, 0.1) is 0 Å². The summed E-state index contributed by atoms with van der Waals surface area (Å²) >= 11 is 0. The van der Waals surface area contributed by atoms with Crippen LogP contribution in [0.3, 0.4) is 0 Å². The van der Waals surface area contributed by atoms with Crippen LogP contribution in [-0.2, 0) is 0 Å². The van der Waals surface area contributed by atoms with Crippen molar-refractivity contribution in [2.75, 3.05) is 24.5 Å². The largest absolute Gasteiger partial charge is 0.366 e. The second-order valence-corrected chi connectivity index (χ2v) is 4.78. The third-order valence-electron chi connectivity index (χ3n) is 3.61. The summed E-state index contributed by atoms with van der Waals surface area (Å²) in [5.74, 6) is 0.694. The van der Waals surface area contributed by atoms with E-state index in [1.807, 2.05) is 12.1 Å². The van der Waals surface area contributed by atoms with Crippen molar-refractivity contribution in [2.45, 2.75) is 18.9 Å². The maximum atomic E-state index is 12.9. The quantitative estimate of drug-likeness (QED) is 0.820. The highest BCUT2D eigenvalue weighted by molar-refractivity contribution is 5.48. The first kappa shape index (κ1) is 10.1. The average Bonchev–Trinajstić information content (AvgIpc) is 3.14. The highest BCUT2D eigenvalue weighted by Gasteiger charge is 2.36. The Kier molecular flexibility index (Phi) is 2.56. The summed E-state index contributed by atoms with van der Waals surface area (Å²) in [5, 5.41) is 3.45. The van der Waals surface area contributed by atoms with Crippen LogP contribution >= 0.6 is 0 Å². The summed E-state index contributed by atoms with van der Waals surface area (Å²) in [4.78, 5) is 2.44. The molecule has 1 aliphatic heterocycles. The number of rotatable bonds is 2. The molecule has 1 aromatic rings. The molecule has 1 heterocycles. The number of hydrogen-bond acceptors (Lipinski definition) is 2. The molecule has 16 heavy (non-hydrogen) atoms. The standard InChI is InChI=1S/C13H17FN2/c14-11-3-5-12(6-4-11)16-8-7-15-9-13(16)10-1-2-10/h3-6,10,13,15H,1-2,7-9H2. The normalized spacial score (nSPS) is 25.8. The van der Waals surface area contributed by atoms with Gasteiger partial charge in [-0.25, -0.2) is 4.39 Å². The fourth-order valence-corrected chi connectivity index (χ4v) is 2.58. The van der Waals surface area contributed by atoms with E-state index in [2.05, 4.69) is 10.2 Å². The van der Waals surface area contributed by atoms with Gasteiger partial charge >= 0.3 is 0 Å². The fraction of sp³-hybridized carbons (Fsp3) is 0.538. The Balaban J connectivity index is 1.82. The maximum absolute atomic E-state index is 12.9. The van der Waals surface area contributed by atoms with Gasteiger partial charge in [-0.15, -0.1) is 0 Å². The molecule has 0 spiro atoms. The third kappa shape index (κ3) is 1.92. The van der Waals surface area contributed by atoms with Crippen molar-refractivity contribution >= 4 is 5.69 Å². The molecular formula is C13H17FN2. The van der Waals surface area contributed by atoms with Crippen LogP contribution in [-0.4, -0.2) is 25.7 Å². The van der Waals surface area contributed by atoms with Crippen LogP contribution < -0.4 is 10.2 Å². The summed E-state index contributed by atoms with van der Waals surface area (Å²) in [6.45, 7) is 3.13. The lowest BCUT2D eigenvalue weighted by Gasteiger charge is -2.38. The van der Waals surface area contributed by atoms with E-state index in [0.717, 1.165) is 25.6 Å². The van der Waals surface area contributed by atoms with Gasteiger partial charge in [-0.1, -0.05) is 0 Å².